The number of hydrogen-bond acceptors (Lipinski definition) is 6. The molecule has 1 heterocycles. The lowest BCUT2D eigenvalue weighted by Crippen LogP contribution is -2.41. The quantitative estimate of drug-likeness (QED) is 0.506. The van der Waals surface area contributed by atoms with Crippen molar-refractivity contribution in [2.75, 3.05) is 19.7 Å². The van der Waals surface area contributed by atoms with Crippen LogP contribution < -0.4 is 0 Å². The number of rotatable bonds is 6. The number of carbonyl (C=O) groups is 4. The molecule has 1 aliphatic carbocycles. The standard InChI is InChI=1S/C27H22N2O6/c1-2-28(15-24(30)35-29-25(31)21-13-7-8-14-22(21)26(29)32)27(33)34-16-23-19-11-5-3-9-17(19)18-10-4-6-12-20(18)23/h3-14,23H,2,15-16H2,1H3. The molecule has 2 aliphatic rings. The molecule has 3 aromatic rings. The summed E-state index contributed by atoms with van der Waals surface area (Å²) < 4.78 is 5.59. The summed E-state index contributed by atoms with van der Waals surface area (Å²) >= 11 is 0. The average Bonchev–Trinajstić information content (AvgIpc) is 3.33. The van der Waals surface area contributed by atoms with Crippen LogP contribution >= 0.6 is 0 Å². The van der Waals surface area contributed by atoms with Crippen LogP contribution in [0.3, 0.4) is 0 Å². The number of benzene rings is 3. The first kappa shape index (κ1) is 22.3. The van der Waals surface area contributed by atoms with Gasteiger partial charge in [-0.05, 0) is 41.3 Å². The molecular weight excluding hydrogens is 448 g/mol. The van der Waals surface area contributed by atoms with E-state index in [1.165, 1.54) is 12.1 Å². The fourth-order valence-corrected chi connectivity index (χ4v) is 4.53. The highest BCUT2D eigenvalue weighted by molar-refractivity contribution is 6.20. The second-order valence-electron chi connectivity index (χ2n) is 8.23. The molecule has 0 aromatic heterocycles. The summed E-state index contributed by atoms with van der Waals surface area (Å²) in [5.74, 6) is -2.48. The van der Waals surface area contributed by atoms with Gasteiger partial charge in [0.15, 0.2) is 0 Å². The summed E-state index contributed by atoms with van der Waals surface area (Å²) in [5, 5.41) is 0.429. The third-order valence-corrected chi connectivity index (χ3v) is 6.25. The van der Waals surface area contributed by atoms with Crippen LogP contribution in [-0.2, 0) is 14.4 Å². The van der Waals surface area contributed by atoms with E-state index in [0.29, 0.717) is 5.06 Å². The normalized spacial score (nSPS) is 13.8. The summed E-state index contributed by atoms with van der Waals surface area (Å²) in [5.41, 5.74) is 4.70. The van der Waals surface area contributed by atoms with Crippen molar-refractivity contribution in [1.29, 1.82) is 0 Å². The first-order valence-electron chi connectivity index (χ1n) is 11.3. The zero-order chi connectivity index (χ0) is 24.5. The van der Waals surface area contributed by atoms with Crippen molar-refractivity contribution >= 4 is 23.9 Å². The third-order valence-electron chi connectivity index (χ3n) is 6.25. The minimum Gasteiger partial charge on any atom is -0.448 e. The molecule has 0 unspecified atom stereocenters. The molecule has 35 heavy (non-hydrogen) atoms. The minimum absolute atomic E-state index is 0.108. The van der Waals surface area contributed by atoms with Crippen molar-refractivity contribution < 1.29 is 28.8 Å². The zero-order valence-electron chi connectivity index (χ0n) is 19.0. The first-order valence-corrected chi connectivity index (χ1v) is 11.3. The number of hydroxylamine groups is 2. The Balaban J connectivity index is 1.22. The molecule has 0 fully saturated rings. The Labute approximate surface area is 201 Å². The van der Waals surface area contributed by atoms with Crippen LogP contribution in [0.25, 0.3) is 11.1 Å². The number of carbonyl (C=O) groups excluding carboxylic acids is 4. The van der Waals surface area contributed by atoms with Gasteiger partial charge >= 0.3 is 12.1 Å². The molecule has 3 aromatic carbocycles. The van der Waals surface area contributed by atoms with Crippen molar-refractivity contribution in [2.45, 2.75) is 12.8 Å². The smallest absolute Gasteiger partial charge is 0.410 e. The van der Waals surface area contributed by atoms with Crippen molar-refractivity contribution in [3.05, 3.63) is 95.1 Å². The van der Waals surface area contributed by atoms with Crippen LogP contribution in [0.2, 0.25) is 0 Å². The maximum Gasteiger partial charge on any atom is 0.410 e. The van der Waals surface area contributed by atoms with Gasteiger partial charge in [-0.2, -0.15) is 0 Å². The van der Waals surface area contributed by atoms with E-state index in [1.807, 2.05) is 48.5 Å². The van der Waals surface area contributed by atoms with E-state index in [-0.39, 0.29) is 30.2 Å². The number of nitrogens with zero attached hydrogens (tertiary/aromatic N) is 2. The zero-order valence-corrected chi connectivity index (χ0v) is 19.0. The van der Waals surface area contributed by atoms with Gasteiger partial charge in [-0.25, -0.2) is 9.59 Å². The third kappa shape index (κ3) is 3.93. The van der Waals surface area contributed by atoms with Gasteiger partial charge in [-0.15, -0.1) is 0 Å². The lowest BCUT2D eigenvalue weighted by molar-refractivity contribution is -0.169. The van der Waals surface area contributed by atoms with Crippen molar-refractivity contribution in [3.8, 4) is 11.1 Å². The molecule has 0 saturated heterocycles. The van der Waals surface area contributed by atoms with Crippen LogP contribution in [0.1, 0.15) is 44.7 Å². The summed E-state index contributed by atoms with van der Waals surface area (Å²) in [6.45, 7) is 1.50. The average molecular weight is 470 g/mol. The Hall–Kier alpha value is -4.46. The van der Waals surface area contributed by atoms with Gasteiger partial charge < -0.3 is 9.57 Å². The van der Waals surface area contributed by atoms with Crippen LogP contribution in [-0.4, -0.2) is 53.5 Å². The predicted octanol–water partition coefficient (Wildman–Crippen LogP) is 4.01. The fourth-order valence-electron chi connectivity index (χ4n) is 4.53. The lowest BCUT2D eigenvalue weighted by Gasteiger charge is -2.22. The van der Waals surface area contributed by atoms with Crippen LogP contribution in [0, 0.1) is 0 Å². The highest BCUT2D eigenvalue weighted by atomic mass is 16.7. The van der Waals surface area contributed by atoms with Gasteiger partial charge in [-0.1, -0.05) is 65.7 Å². The largest absolute Gasteiger partial charge is 0.448 e. The summed E-state index contributed by atoms with van der Waals surface area (Å²) in [4.78, 5) is 56.3. The molecule has 3 amide bonds. The Morgan fingerprint density at radius 3 is 1.80 bits per heavy atom. The van der Waals surface area contributed by atoms with E-state index in [1.54, 1.807) is 19.1 Å². The maximum atomic E-state index is 12.8. The van der Waals surface area contributed by atoms with Gasteiger partial charge in [0.2, 0.25) is 0 Å². The van der Waals surface area contributed by atoms with Gasteiger partial charge in [-0.3, -0.25) is 14.5 Å². The van der Waals surface area contributed by atoms with Crippen molar-refractivity contribution in [1.82, 2.24) is 9.96 Å². The van der Waals surface area contributed by atoms with E-state index in [2.05, 4.69) is 0 Å². The van der Waals surface area contributed by atoms with Gasteiger partial charge in [0, 0.05) is 12.5 Å². The topological polar surface area (TPSA) is 93.2 Å². The van der Waals surface area contributed by atoms with Gasteiger partial charge in [0.05, 0.1) is 11.1 Å². The minimum atomic E-state index is -0.921. The highest BCUT2D eigenvalue weighted by Gasteiger charge is 2.39. The highest BCUT2D eigenvalue weighted by Crippen LogP contribution is 2.44. The monoisotopic (exact) mass is 470 g/mol. The summed E-state index contributed by atoms with van der Waals surface area (Å²) in [6.07, 6.45) is -0.686. The molecule has 8 nitrogen and oxygen atoms in total. The van der Waals surface area contributed by atoms with Crippen LogP contribution in [0.4, 0.5) is 4.79 Å². The molecule has 0 radical (unpaired) electrons. The van der Waals surface area contributed by atoms with E-state index >= 15 is 0 Å². The number of fused-ring (bicyclic) bond motifs is 4. The van der Waals surface area contributed by atoms with Crippen LogP contribution in [0.15, 0.2) is 72.8 Å². The molecule has 0 bridgehead atoms. The first-order chi connectivity index (χ1) is 17.0. The van der Waals surface area contributed by atoms with E-state index in [4.69, 9.17) is 9.57 Å². The second kappa shape index (κ2) is 9.06. The fraction of sp³-hybridized carbons (Fsp3) is 0.185. The Kier molecular flexibility index (Phi) is 5.78. The van der Waals surface area contributed by atoms with Crippen molar-refractivity contribution in [3.63, 3.8) is 0 Å². The van der Waals surface area contributed by atoms with E-state index in [0.717, 1.165) is 27.2 Å². The molecule has 176 valence electrons. The Bertz CT molecular complexity index is 1270. The number of imide groups is 1. The Morgan fingerprint density at radius 1 is 0.800 bits per heavy atom. The molecule has 0 saturated carbocycles. The predicted molar refractivity (Wildman–Crippen MR) is 125 cm³/mol. The van der Waals surface area contributed by atoms with E-state index < -0.39 is 30.4 Å². The molecule has 0 spiro atoms. The molecular formula is C27H22N2O6. The SMILES string of the molecule is CCN(CC(=O)ON1C(=O)c2ccccc2C1=O)C(=O)OCC1c2ccccc2-c2ccccc21. The van der Waals surface area contributed by atoms with Crippen LogP contribution in [0.5, 0.6) is 0 Å². The summed E-state index contributed by atoms with van der Waals surface area (Å²) in [6, 6.07) is 22.2. The second-order valence-corrected chi connectivity index (χ2v) is 8.23. The molecule has 0 N–H and O–H groups in total. The maximum absolute atomic E-state index is 12.8. The van der Waals surface area contributed by atoms with Crippen molar-refractivity contribution in [2.24, 2.45) is 0 Å². The molecule has 1 aliphatic heterocycles. The van der Waals surface area contributed by atoms with Gasteiger partial charge in [0.1, 0.15) is 13.2 Å². The number of hydrogen-bond donors (Lipinski definition) is 0. The lowest BCUT2D eigenvalue weighted by atomic mass is 9.98. The number of amides is 3. The van der Waals surface area contributed by atoms with Gasteiger partial charge in [0.25, 0.3) is 11.8 Å². The Morgan fingerprint density at radius 2 is 1.29 bits per heavy atom. The molecule has 0 atom stereocenters. The molecule has 5 rings (SSSR count). The summed E-state index contributed by atoms with van der Waals surface area (Å²) in [7, 11) is 0. The number of likely N-dealkylation sites (N-methyl/N-ethyl adjacent to an activating group) is 1. The molecule has 8 heteroatoms. The van der Waals surface area contributed by atoms with E-state index in [9.17, 15) is 19.2 Å². The number of ether oxygens (including phenoxy) is 1.